The summed E-state index contributed by atoms with van der Waals surface area (Å²) in [6, 6.07) is 10.2. The van der Waals surface area contributed by atoms with Gasteiger partial charge in [0.25, 0.3) is 5.91 Å². The topological polar surface area (TPSA) is 42.2 Å². The van der Waals surface area contributed by atoms with E-state index < -0.39 is 0 Å². The molecular weight excluding hydrogens is 273 g/mol. The van der Waals surface area contributed by atoms with Crippen molar-refractivity contribution in [1.82, 2.24) is 5.32 Å². The molecule has 0 aliphatic rings. The molecule has 0 spiro atoms. The Labute approximate surface area is 115 Å². The summed E-state index contributed by atoms with van der Waals surface area (Å²) in [7, 11) is 0. The van der Waals surface area contributed by atoms with Crippen LogP contribution in [0.1, 0.15) is 29.1 Å². The van der Waals surface area contributed by atoms with Crippen LogP contribution < -0.4 is 5.32 Å². The van der Waals surface area contributed by atoms with Crippen LogP contribution in [0.2, 0.25) is 10.2 Å². The molecule has 18 heavy (non-hydrogen) atoms. The zero-order valence-corrected chi connectivity index (χ0v) is 11.1. The van der Waals surface area contributed by atoms with Gasteiger partial charge in [0.15, 0.2) is 11.0 Å². The molecule has 1 unspecified atom stereocenters. The average Bonchev–Trinajstić information content (AvgIpc) is 2.76. The highest BCUT2D eigenvalue weighted by Gasteiger charge is 2.14. The van der Waals surface area contributed by atoms with Crippen molar-refractivity contribution in [2.75, 3.05) is 0 Å². The minimum Gasteiger partial charge on any atom is -0.440 e. The predicted molar refractivity (Wildman–Crippen MR) is 71.1 cm³/mol. The summed E-state index contributed by atoms with van der Waals surface area (Å²) in [5.74, 6) is -0.122. The Bertz CT molecular complexity index is 566. The van der Waals surface area contributed by atoms with E-state index in [9.17, 15) is 4.79 Å². The van der Waals surface area contributed by atoms with Crippen LogP contribution in [-0.2, 0) is 0 Å². The number of furan rings is 1. The van der Waals surface area contributed by atoms with Gasteiger partial charge in [0.1, 0.15) is 0 Å². The summed E-state index contributed by atoms with van der Waals surface area (Å²) in [5.41, 5.74) is 0.925. The van der Waals surface area contributed by atoms with Gasteiger partial charge in [-0.15, -0.1) is 0 Å². The number of carbonyl (C=O) groups excluding carboxylic acids is 1. The molecule has 0 aliphatic heterocycles. The Hall–Kier alpha value is -1.45. The van der Waals surface area contributed by atoms with Gasteiger partial charge in [0.2, 0.25) is 0 Å². The molecule has 1 aromatic heterocycles. The second-order valence-electron chi connectivity index (χ2n) is 3.85. The second kappa shape index (κ2) is 5.46. The molecule has 0 saturated carbocycles. The lowest BCUT2D eigenvalue weighted by Crippen LogP contribution is -2.26. The van der Waals surface area contributed by atoms with E-state index in [0.29, 0.717) is 5.02 Å². The fourth-order valence-corrected chi connectivity index (χ4v) is 1.91. The number of carbonyl (C=O) groups is 1. The Morgan fingerprint density at radius 2 is 2.06 bits per heavy atom. The molecule has 2 aromatic rings. The molecule has 1 aromatic carbocycles. The van der Waals surface area contributed by atoms with Crippen molar-refractivity contribution in [3.8, 4) is 0 Å². The van der Waals surface area contributed by atoms with Crippen molar-refractivity contribution in [3.63, 3.8) is 0 Å². The van der Waals surface area contributed by atoms with Gasteiger partial charge < -0.3 is 9.73 Å². The van der Waals surface area contributed by atoms with E-state index in [1.807, 2.05) is 25.1 Å². The third-order valence-electron chi connectivity index (χ3n) is 2.49. The van der Waals surface area contributed by atoms with Crippen LogP contribution in [0.25, 0.3) is 0 Å². The maximum absolute atomic E-state index is 11.8. The van der Waals surface area contributed by atoms with Crippen LogP contribution in [0.3, 0.4) is 0 Å². The molecule has 3 nitrogen and oxygen atoms in total. The van der Waals surface area contributed by atoms with E-state index in [1.165, 1.54) is 12.1 Å². The van der Waals surface area contributed by atoms with Crippen molar-refractivity contribution in [2.24, 2.45) is 0 Å². The highest BCUT2D eigenvalue weighted by molar-refractivity contribution is 6.30. The third kappa shape index (κ3) is 3.06. The van der Waals surface area contributed by atoms with Crippen molar-refractivity contribution in [1.29, 1.82) is 0 Å². The average molecular weight is 284 g/mol. The standard InChI is InChI=1S/C13H11Cl2NO2/c1-8(9-3-2-4-10(14)7-9)16-13(17)11-5-6-12(15)18-11/h2-8H,1H3,(H,16,17). The van der Waals surface area contributed by atoms with E-state index >= 15 is 0 Å². The predicted octanol–water partition coefficient (Wildman–Crippen LogP) is 4.08. The van der Waals surface area contributed by atoms with Crippen LogP contribution in [0, 0.1) is 0 Å². The largest absolute Gasteiger partial charge is 0.440 e. The minimum absolute atomic E-state index is 0.167. The Balaban J connectivity index is 2.07. The molecule has 0 saturated heterocycles. The maximum Gasteiger partial charge on any atom is 0.287 e. The molecule has 5 heteroatoms. The Morgan fingerprint density at radius 3 is 2.67 bits per heavy atom. The number of halogens is 2. The first kappa shape index (κ1) is 13.0. The second-order valence-corrected chi connectivity index (χ2v) is 4.66. The lowest BCUT2D eigenvalue weighted by molar-refractivity contribution is 0.0912. The normalized spacial score (nSPS) is 12.2. The van der Waals surface area contributed by atoms with Crippen molar-refractivity contribution < 1.29 is 9.21 Å². The highest BCUT2D eigenvalue weighted by Crippen LogP contribution is 2.19. The molecule has 0 aliphatic carbocycles. The van der Waals surface area contributed by atoms with E-state index in [1.54, 1.807) is 6.07 Å². The number of hydrogen-bond donors (Lipinski definition) is 1. The van der Waals surface area contributed by atoms with Gasteiger partial charge in [-0.2, -0.15) is 0 Å². The van der Waals surface area contributed by atoms with Crippen molar-refractivity contribution >= 4 is 29.1 Å². The number of nitrogens with one attached hydrogen (secondary N) is 1. The van der Waals surface area contributed by atoms with Gasteiger partial charge in [0, 0.05) is 5.02 Å². The van der Waals surface area contributed by atoms with Crippen molar-refractivity contribution in [3.05, 3.63) is 58.0 Å². The summed E-state index contributed by atoms with van der Waals surface area (Å²) in [6.07, 6.45) is 0. The molecule has 94 valence electrons. The van der Waals surface area contributed by atoms with Gasteiger partial charge in [-0.3, -0.25) is 4.79 Å². The Kier molecular flexibility index (Phi) is 3.94. The number of rotatable bonds is 3. The zero-order chi connectivity index (χ0) is 13.1. The zero-order valence-electron chi connectivity index (χ0n) is 9.61. The summed E-state index contributed by atoms with van der Waals surface area (Å²) in [6.45, 7) is 1.87. The smallest absolute Gasteiger partial charge is 0.287 e. The summed E-state index contributed by atoms with van der Waals surface area (Å²) in [5, 5.41) is 3.63. The number of amides is 1. The van der Waals surface area contributed by atoms with E-state index in [0.717, 1.165) is 5.56 Å². The molecule has 0 fully saturated rings. The Morgan fingerprint density at radius 1 is 1.28 bits per heavy atom. The maximum atomic E-state index is 11.8. The van der Waals surface area contributed by atoms with Crippen LogP contribution in [-0.4, -0.2) is 5.91 Å². The van der Waals surface area contributed by atoms with Crippen LogP contribution >= 0.6 is 23.2 Å². The van der Waals surface area contributed by atoms with Gasteiger partial charge in [-0.25, -0.2) is 0 Å². The molecular formula is C13H11Cl2NO2. The van der Waals surface area contributed by atoms with Gasteiger partial charge in [-0.05, 0) is 48.4 Å². The molecule has 0 radical (unpaired) electrons. The summed E-state index contributed by atoms with van der Waals surface area (Å²) < 4.78 is 5.03. The first-order chi connectivity index (χ1) is 8.56. The number of hydrogen-bond acceptors (Lipinski definition) is 2. The van der Waals surface area contributed by atoms with Crippen LogP contribution in [0.5, 0.6) is 0 Å². The number of benzene rings is 1. The summed E-state index contributed by atoms with van der Waals surface area (Å²) in [4.78, 5) is 11.8. The molecule has 1 heterocycles. The monoisotopic (exact) mass is 283 g/mol. The quantitative estimate of drug-likeness (QED) is 0.922. The van der Waals surface area contributed by atoms with E-state index in [-0.39, 0.29) is 22.9 Å². The van der Waals surface area contributed by atoms with Gasteiger partial charge in [-0.1, -0.05) is 23.7 Å². The minimum atomic E-state index is -0.311. The molecule has 1 atom stereocenters. The van der Waals surface area contributed by atoms with E-state index in [2.05, 4.69) is 5.32 Å². The fourth-order valence-electron chi connectivity index (χ4n) is 1.56. The van der Waals surface area contributed by atoms with Gasteiger partial charge in [0.05, 0.1) is 6.04 Å². The molecule has 0 bridgehead atoms. The first-order valence-corrected chi connectivity index (χ1v) is 6.13. The third-order valence-corrected chi connectivity index (χ3v) is 2.93. The lowest BCUT2D eigenvalue weighted by atomic mass is 10.1. The first-order valence-electron chi connectivity index (χ1n) is 5.38. The van der Waals surface area contributed by atoms with Gasteiger partial charge >= 0.3 is 0 Å². The summed E-state index contributed by atoms with van der Waals surface area (Å²) >= 11 is 11.5. The SMILES string of the molecule is CC(NC(=O)c1ccc(Cl)o1)c1cccc(Cl)c1. The molecule has 1 N–H and O–H groups in total. The highest BCUT2D eigenvalue weighted by atomic mass is 35.5. The fraction of sp³-hybridized carbons (Fsp3) is 0.154. The molecule has 2 rings (SSSR count). The van der Waals surface area contributed by atoms with E-state index in [4.69, 9.17) is 27.6 Å². The van der Waals surface area contributed by atoms with Crippen LogP contribution in [0.15, 0.2) is 40.8 Å². The molecule has 1 amide bonds. The van der Waals surface area contributed by atoms with Crippen LogP contribution in [0.4, 0.5) is 0 Å². The van der Waals surface area contributed by atoms with Crippen molar-refractivity contribution in [2.45, 2.75) is 13.0 Å². The lowest BCUT2D eigenvalue weighted by Gasteiger charge is -2.13.